The maximum Gasteiger partial charge on any atom is 3.00 e. The summed E-state index contributed by atoms with van der Waals surface area (Å²) in [6.45, 7) is 15.4. The smallest absolute Gasteiger partial charge is 0.657 e. The third kappa shape index (κ3) is 21.8. The number of benzene rings is 1. The molecular weight excluding hydrogens is 1120 g/mol. The zero-order valence-corrected chi connectivity index (χ0v) is 47.7. The number of aryl methyl sites for hydroxylation is 2. The van der Waals surface area contributed by atoms with E-state index in [0.29, 0.717) is 126 Å². The van der Waals surface area contributed by atoms with E-state index in [1.807, 2.05) is 26.0 Å². The Morgan fingerprint density at radius 3 is 1.21 bits per heavy atom. The molecule has 2 aromatic heterocycles. The fraction of sp³-hybridized carbons (Fsp3) is 0.538. The number of fused-ring (bicyclic) bond motifs is 7. The number of aliphatic hydroxyl groups excluding tert-OH is 2. The molecule has 0 unspecified atom stereocenters. The summed E-state index contributed by atoms with van der Waals surface area (Å²) in [7, 11) is 3.27. The first kappa shape index (κ1) is 63.4. The van der Waals surface area contributed by atoms with Crippen LogP contribution in [0.25, 0.3) is 44.4 Å². The molecule has 0 saturated carbocycles. The molecule has 392 valence electrons. The van der Waals surface area contributed by atoms with Crippen molar-refractivity contribution in [2.45, 2.75) is 80.1 Å². The third-order valence-corrected chi connectivity index (χ3v) is 10.7. The number of ether oxygens (including phenoxy) is 8. The second kappa shape index (κ2) is 36.2. The van der Waals surface area contributed by atoms with Crippen LogP contribution in [0.4, 0.5) is 0 Å². The maximum absolute atomic E-state index is 9.85. The second-order valence-electron chi connectivity index (χ2n) is 15.9. The molecule has 2 N–H and O–H groups in total. The summed E-state index contributed by atoms with van der Waals surface area (Å²) >= 11 is 0. The Morgan fingerprint density at radius 1 is 0.556 bits per heavy atom. The number of hydrogen-bond acceptors (Lipinski definition) is 18. The Kier molecular flexibility index (Phi) is 31.9. The molecule has 0 atom stereocenters. The van der Waals surface area contributed by atoms with Crippen LogP contribution in [0.3, 0.4) is 0 Å². The Labute approximate surface area is 443 Å². The molecule has 72 heavy (non-hydrogen) atoms. The number of allylic oxidation sites excluding steroid dienone is 4. The van der Waals surface area contributed by atoms with E-state index < -0.39 is 11.9 Å². The fourth-order valence-electron chi connectivity index (χ4n) is 7.33. The van der Waals surface area contributed by atoms with E-state index in [2.05, 4.69) is 26.0 Å². The number of aliphatic hydroxyl groups is 2. The van der Waals surface area contributed by atoms with Crippen LogP contribution in [0, 0.1) is 0 Å². The number of carbonyl (C=O) groups excluding carboxylic acids is 2. The topological polar surface area (TPSA) is 260 Å². The molecule has 0 spiro atoms. The van der Waals surface area contributed by atoms with Gasteiger partial charge in [-0.2, -0.15) is 0 Å². The van der Waals surface area contributed by atoms with Crippen LogP contribution in [0.15, 0.2) is 36.7 Å². The molecule has 2 aliphatic rings. The van der Waals surface area contributed by atoms with E-state index in [1.165, 1.54) is 11.1 Å². The van der Waals surface area contributed by atoms with Gasteiger partial charge in [0.15, 0.2) is 11.5 Å². The van der Waals surface area contributed by atoms with E-state index in [-0.39, 0.29) is 53.7 Å². The van der Waals surface area contributed by atoms with Crippen LogP contribution in [0.2, 0.25) is 0 Å². The summed E-state index contributed by atoms with van der Waals surface area (Å²) in [6.07, 6.45) is 7.61. The molecule has 0 amide bonds. The number of rotatable bonds is 28. The molecule has 6 bridgehead atoms. The van der Waals surface area contributed by atoms with Gasteiger partial charge >= 0.3 is 27.3 Å². The van der Waals surface area contributed by atoms with Gasteiger partial charge in [-0.1, -0.05) is 37.1 Å². The summed E-state index contributed by atoms with van der Waals surface area (Å²) in [5, 5.41) is 37.5. The maximum atomic E-state index is 9.85. The predicted molar refractivity (Wildman–Crippen MR) is 272 cm³/mol. The number of carbonyl (C=O) groups is 2. The van der Waals surface area contributed by atoms with Gasteiger partial charge in [0, 0.05) is 51.5 Å². The third-order valence-electron chi connectivity index (χ3n) is 10.7. The number of nitrogens with zero attached hydrogens (tertiary/aromatic N) is 5. The van der Waals surface area contributed by atoms with Crippen LogP contribution in [0.5, 0.6) is 11.5 Å². The van der Waals surface area contributed by atoms with Crippen molar-refractivity contribution in [2.75, 3.05) is 107 Å². The zero-order chi connectivity index (χ0) is 52.0. The molecule has 20 heteroatoms. The van der Waals surface area contributed by atoms with Gasteiger partial charge in [0.2, 0.25) is 0 Å². The number of aliphatic carboxylic acids is 2. The van der Waals surface area contributed by atoms with Gasteiger partial charge in [0.05, 0.1) is 112 Å². The molecule has 0 aliphatic carbocycles. The molecular formula is C52H72N5O14Tl. The standard InChI is InChI=1S/C48H66N5O10.2C2H4O2.Tl/c1-7-35-36(8-2)40-28-42-38(12-10-14-55)34(4)46(53-42)32-50-44-30-48(63-26-24-61-22-20-59-18-16-57-6)47(62-25-23-60-21-19-58-17-15-56-5)29-43(44)49-31-45-33(3)37(11-9-13-54)41(52-45)27-39(35)51-40;2*1-2(3)4;/h27-32,54-55H,7-26H2,1-6H3;2*1H3,(H,3,4);/q-1;;;+3/p-2. The molecule has 3 aromatic rings. The Morgan fingerprint density at radius 2 is 0.889 bits per heavy atom. The molecule has 4 heterocycles. The van der Waals surface area contributed by atoms with Crippen LogP contribution < -0.4 is 24.7 Å². The average molecular weight is 1200 g/mol. The Hall–Kier alpha value is -4.72. The van der Waals surface area contributed by atoms with Gasteiger partial charge in [-0.05, 0) is 88.5 Å². The average Bonchev–Trinajstić information content (AvgIpc) is 3.94. The largest absolute Gasteiger partial charge is 3.00 e. The first-order valence-electron chi connectivity index (χ1n) is 23.9. The molecule has 2 aliphatic heterocycles. The van der Waals surface area contributed by atoms with Gasteiger partial charge in [-0.25, -0.2) is 9.97 Å². The van der Waals surface area contributed by atoms with E-state index in [1.54, 1.807) is 26.6 Å². The van der Waals surface area contributed by atoms with E-state index in [4.69, 9.17) is 82.6 Å². The predicted octanol–water partition coefficient (Wildman–Crippen LogP) is 3.75. The van der Waals surface area contributed by atoms with E-state index in [9.17, 15) is 10.2 Å². The van der Waals surface area contributed by atoms with Crippen molar-refractivity contribution >= 4 is 83.6 Å². The van der Waals surface area contributed by atoms with Gasteiger partial charge in [0.25, 0.3) is 0 Å². The fourth-order valence-corrected chi connectivity index (χ4v) is 7.33. The summed E-state index contributed by atoms with van der Waals surface area (Å²) in [4.78, 5) is 43.2. The molecule has 0 saturated heterocycles. The van der Waals surface area contributed by atoms with Crippen LogP contribution in [0.1, 0.15) is 101 Å². The van der Waals surface area contributed by atoms with Crippen molar-refractivity contribution in [2.24, 2.45) is 0 Å². The number of hydrogen-bond donors (Lipinski definition) is 2. The SMILES string of the molecule is CC(=O)[O-].CC(=O)[O-].CCc1c(CC)c2cc3nc(cnc4cc(OCCOCCOCCOC)c(OCCOCCOCCOC)cc4ncc4nc(cc1[n-]2)C(CCCO)=C4C)C(C)=C3CCCO.[Tl+3]. The second-order valence-corrected chi connectivity index (χ2v) is 15.9. The summed E-state index contributed by atoms with van der Waals surface area (Å²) < 4.78 is 45.3. The number of methoxy groups -OCH3 is 2. The summed E-state index contributed by atoms with van der Waals surface area (Å²) in [5.41, 5.74) is 12.2. The summed E-state index contributed by atoms with van der Waals surface area (Å²) in [6, 6.07) is 7.78. The van der Waals surface area contributed by atoms with Crippen molar-refractivity contribution in [3.05, 3.63) is 70.6 Å². The molecule has 0 radical (unpaired) electrons. The minimum absolute atomic E-state index is 0. The Bertz CT molecular complexity index is 2240. The Balaban J connectivity index is 0.00000183. The van der Waals surface area contributed by atoms with Gasteiger partial charge in [-0.3, -0.25) is 9.97 Å². The van der Waals surface area contributed by atoms with E-state index in [0.717, 1.165) is 71.4 Å². The monoisotopic (exact) mass is 1200 g/mol. The van der Waals surface area contributed by atoms with Crippen molar-refractivity contribution in [3.63, 3.8) is 0 Å². The van der Waals surface area contributed by atoms with Gasteiger partial charge < -0.3 is 72.9 Å². The molecule has 19 nitrogen and oxygen atoms in total. The molecule has 0 fully saturated rings. The normalized spacial score (nSPS) is 11.8. The first-order chi connectivity index (χ1) is 34.3. The minimum Gasteiger partial charge on any atom is -0.657 e. The molecule has 5 rings (SSSR count). The summed E-state index contributed by atoms with van der Waals surface area (Å²) in [5.74, 6) is -1.25. The van der Waals surface area contributed by atoms with Crippen LogP contribution >= 0.6 is 0 Å². The van der Waals surface area contributed by atoms with Crippen molar-refractivity contribution in [1.29, 1.82) is 0 Å². The first-order valence-corrected chi connectivity index (χ1v) is 23.9. The quantitative estimate of drug-likeness (QED) is 0.0775. The zero-order valence-electron chi connectivity index (χ0n) is 43.2. The van der Waals surface area contributed by atoms with Crippen molar-refractivity contribution < 1.29 is 67.9 Å². The molecule has 1 aromatic carbocycles. The van der Waals surface area contributed by atoms with Crippen LogP contribution in [-0.2, 0) is 50.9 Å². The van der Waals surface area contributed by atoms with Crippen molar-refractivity contribution in [1.82, 2.24) is 24.9 Å². The van der Waals surface area contributed by atoms with E-state index >= 15 is 0 Å². The van der Waals surface area contributed by atoms with Crippen LogP contribution in [-0.4, -0.2) is 176 Å². The number of carboxylic acid groups (broad SMARTS) is 2. The van der Waals surface area contributed by atoms with Gasteiger partial charge in [0.1, 0.15) is 13.2 Å². The number of aromatic nitrogens is 5. The van der Waals surface area contributed by atoms with Crippen molar-refractivity contribution in [3.8, 4) is 11.5 Å². The minimum atomic E-state index is -1.08. The number of carboxylic acids is 2. The van der Waals surface area contributed by atoms with Gasteiger partial charge in [-0.15, -0.1) is 11.0 Å².